The first-order valence-electron chi connectivity index (χ1n) is 8.89. The van der Waals surface area contributed by atoms with E-state index < -0.39 is 5.56 Å². The highest BCUT2D eigenvalue weighted by molar-refractivity contribution is 7.15. The number of rotatable bonds is 5. The van der Waals surface area contributed by atoms with E-state index >= 15 is 0 Å². The summed E-state index contributed by atoms with van der Waals surface area (Å²) in [7, 11) is 3.08. The van der Waals surface area contributed by atoms with Crippen LogP contribution < -0.4 is 25.1 Å². The summed E-state index contributed by atoms with van der Waals surface area (Å²) in [6.45, 7) is 0. The van der Waals surface area contributed by atoms with Crippen molar-refractivity contribution < 1.29 is 13.9 Å². The zero-order valence-electron chi connectivity index (χ0n) is 16.1. The van der Waals surface area contributed by atoms with Crippen LogP contribution in [0.4, 0.5) is 4.39 Å². The molecule has 152 valence electrons. The minimum Gasteiger partial charge on any atom is -0.497 e. The molecule has 4 rings (SSSR count). The van der Waals surface area contributed by atoms with Crippen molar-refractivity contribution in [3.63, 3.8) is 0 Å². The van der Waals surface area contributed by atoms with Crippen molar-refractivity contribution in [2.45, 2.75) is 6.42 Å². The molecule has 0 radical (unpaired) electrons. The summed E-state index contributed by atoms with van der Waals surface area (Å²) in [4.78, 5) is 29.4. The van der Waals surface area contributed by atoms with Gasteiger partial charge in [0.2, 0.25) is 4.96 Å². The minimum atomic E-state index is -0.519. The molecule has 2 heterocycles. The molecule has 0 fully saturated rings. The van der Waals surface area contributed by atoms with Crippen LogP contribution in [-0.2, 0) is 6.42 Å². The lowest BCUT2D eigenvalue weighted by Gasteiger charge is -2.06. The van der Waals surface area contributed by atoms with Gasteiger partial charge in [-0.15, -0.1) is 0 Å². The maximum atomic E-state index is 13.1. The molecule has 2 aromatic heterocycles. The predicted molar refractivity (Wildman–Crippen MR) is 111 cm³/mol. The van der Waals surface area contributed by atoms with Crippen molar-refractivity contribution in [1.82, 2.24) is 14.6 Å². The standard InChI is InChI=1S/C21H16FN3O4S/c1-28-15-8-5-13(17(11-15)29-2)10-18-20(27)25-21(30-18)23-19(26)16(24-25)9-12-3-6-14(22)7-4-12/h3-8,10-11H,9H2,1-2H3/b18-10-. The summed E-state index contributed by atoms with van der Waals surface area (Å²) in [5.41, 5.74) is 0.578. The smallest absolute Gasteiger partial charge is 0.296 e. The summed E-state index contributed by atoms with van der Waals surface area (Å²) in [6.07, 6.45) is 1.81. The predicted octanol–water partition coefficient (Wildman–Crippen LogP) is 1.81. The first-order chi connectivity index (χ1) is 14.5. The summed E-state index contributed by atoms with van der Waals surface area (Å²) in [6, 6.07) is 11.0. The second-order valence-electron chi connectivity index (χ2n) is 6.38. The number of ether oxygens (including phenoxy) is 2. The maximum Gasteiger partial charge on any atom is 0.296 e. The molecule has 0 saturated carbocycles. The van der Waals surface area contributed by atoms with Crippen LogP contribution in [-0.4, -0.2) is 28.8 Å². The zero-order chi connectivity index (χ0) is 21.3. The second kappa shape index (κ2) is 8.03. The molecule has 0 aliphatic carbocycles. The molecule has 0 bridgehead atoms. The van der Waals surface area contributed by atoms with Crippen LogP contribution in [0.1, 0.15) is 16.8 Å². The third-order valence-electron chi connectivity index (χ3n) is 4.46. The largest absolute Gasteiger partial charge is 0.497 e. The van der Waals surface area contributed by atoms with E-state index in [-0.39, 0.29) is 28.5 Å². The van der Waals surface area contributed by atoms with Crippen molar-refractivity contribution in [2.75, 3.05) is 14.2 Å². The SMILES string of the molecule is COc1ccc(/C=c2\sc3nc(=O)c(Cc4ccc(F)cc4)nn3c2=O)c(OC)c1. The zero-order valence-corrected chi connectivity index (χ0v) is 16.9. The van der Waals surface area contributed by atoms with Gasteiger partial charge in [0.1, 0.15) is 23.0 Å². The summed E-state index contributed by atoms with van der Waals surface area (Å²) < 4.78 is 25.1. The molecule has 9 heteroatoms. The van der Waals surface area contributed by atoms with Crippen LogP contribution in [0.3, 0.4) is 0 Å². The third-order valence-corrected chi connectivity index (χ3v) is 5.42. The van der Waals surface area contributed by atoms with Crippen LogP contribution in [0.5, 0.6) is 11.5 Å². The van der Waals surface area contributed by atoms with Crippen LogP contribution in [0.15, 0.2) is 52.1 Å². The number of benzene rings is 2. The molecule has 0 atom stereocenters. The Morgan fingerprint density at radius 3 is 2.57 bits per heavy atom. The van der Waals surface area contributed by atoms with Crippen molar-refractivity contribution in [3.05, 3.63) is 90.3 Å². The van der Waals surface area contributed by atoms with E-state index in [1.54, 1.807) is 43.5 Å². The van der Waals surface area contributed by atoms with Gasteiger partial charge in [0.25, 0.3) is 11.1 Å². The van der Waals surface area contributed by atoms with Crippen molar-refractivity contribution in [2.24, 2.45) is 0 Å². The van der Waals surface area contributed by atoms with E-state index in [1.165, 1.54) is 19.2 Å². The lowest BCUT2D eigenvalue weighted by atomic mass is 10.1. The Morgan fingerprint density at radius 1 is 1.10 bits per heavy atom. The number of aromatic nitrogens is 3. The highest BCUT2D eigenvalue weighted by atomic mass is 32.1. The Labute approximate surface area is 173 Å². The molecular formula is C21H16FN3O4S. The summed E-state index contributed by atoms with van der Waals surface area (Å²) >= 11 is 1.06. The van der Waals surface area contributed by atoms with Gasteiger partial charge < -0.3 is 9.47 Å². The lowest BCUT2D eigenvalue weighted by molar-refractivity contribution is 0.393. The number of halogens is 1. The summed E-state index contributed by atoms with van der Waals surface area (Å²) in [5, 5.41) is 4.20. The van der Waals surface area contributed by atoms with Gasteiger partial charge in [-0.3, -0.25) is 9.59 Å². The van der Waals surface area contributed by atoms with Crippen LogP contribution in [0, 0.1) is 5.82 Å². The van der Waals surface area contributed by atoms with Crippen LogP contribution in [0.2, 0.25) is 0 Å². The molecule has 7 nitrogen and oxygen atoms in total. The fraction of sp³-hybridized carbons (Fsp3) is 0.143. The fourth-order valence-electron chi connectivity index (χ4n) is 2.93. The first kappa shape index (κ1) is 19.7. The second-order valence-corrected chi connectivity index (χ2v) is 7.39. The topological polar surface area (TPSA) is 82.8 Å². The number of thiazole rings is 1. The van der Waals surface area contributed by atoms with E-state index in [4.69, 9.17) is 9.47 Å². The number of hydrogen-bond donors (Lipinski definition) is 0. The van der Waals surface area contributed by atoms with Crippen LogP contribution in [0.25, 0.3) is 11.0 Å². The van der Waals surface area contributed by atoms with E-state index in [0.29, 0.717) is 27.2 Å². The van der Waals surface area contributed by atoms with E-state index in [1.807, 2.05) is 0 Å². The Hall–Kier alpha value is -3.59. The van der Waals surface area contributed by atoms with E-state index in [2.05, 4.69) is 10.1 Å². The molecule has 0 spiro atoms. The minimum absolute atomic E-state index is 0.114. The molecular weight excluding hydrogens is 409 g/mol. The number of nitrogens with zero attached hydrogens (tertiary/aromatic N) is 3. The van der Waals surface area contributed by atoms with Crippen molar-refractivity contribution in [1.29, 1.82) is 0 Å². The molecule has 0 aliphatic rings. The van der Waals surface area contributed by atoms with Gasteiger partial charge in [0.05, 0.1) is 18.8 Å². The lowest BCUT2D eigenvalue weighted by Crippen LogP contribution is -2.28. The average Bonchev–Trinajstić information content (AvgIpc) is 3.04. The number of hydrogen-bond acceptors (Lipinski definition) is 7. The summed E-state index contributed by atoms with van der Waals surface area (Å²) in [5.74, 6) is 0.797. The van der Waals surface area contributed by atoms with E-state index in [9.17, 15) is 14.0 Å². The Morgan fingerprint density at radius 2 is 1.87 bits per heavy atom. The highest BCUT2D eigenvalue weighted by Crippen LogP contribution is 2.25. The number of methoxy groups -OCH3 is 2. The van der Waals surface area contributed by atoms with Crippen molar-refractivity contribution in [3.8, 4) is 11.5 Å². The van der Waals surface area contributed by atoms with Gasteiger partial charge in [0, 0.05) is 18.1 Å². The van der Waals surface area contributed by atoms with Crippen molar-refractivity contribution >= 4 is 22.4 Å². The van der Waals surface area contributed by atoms with Gasteiger partial charge in [-0.1, -0.05) is 23.5 Å². The molecule has 30 heavy (non-hydrogen) atoms. The van der Waals surface area contributed by atoms with Gasteiger partial charge in [-0.25, -0.2) is 4.39 Å². The fourth-order valence-corrected chi connectivity index (χ4v) is 3.82. The van der Waals surface area contributed by atoms with E-state index in [0.717, 1.165) is 15.9 Å². The monoisotopic (exact) mass is 425 g/mol. The van der Waals surface area contributed by atoms with Gasteiger partial charge in [0.15, 0.2) is 0 Å². The third kappa shape index (κ3) is 3.79. The first-order valence-corrected chi connectivity index (χ1v) is 9.71. The molecule has 4 aromatic rings. The Balaban J connectivity index is 1.79. The number of fused-ring (bicyclic) bond motifs is 1. The van der Waals surface area contributed by atoms with Crippen LogP contribution >= 0.6 is 11.3 Å². The average molecular weight is 425 g/mol. The van der Waals surface area contributed by atoms with Gasteiger partial charge >= 0.3 is 0 Å². The quantitative estimate of drug-likeness (QED) is 0.485. The molecule has 0 amide bonds. The molecule has 0 aliphatic heterocycles. The molecule has 2 aromatic carbocycles. The molecule has 0 saturated heterocycles. The molecule has 0 N–H and O–H groups in total. The highest BCUT2D eigenvalue weighted by Gasteiger charge is 2.12. The maximum absolute atomic E-state index is 13.1. The Kier molecular flexibility index (Phi) is 5.28. The normalized spacial score (nSPS) is 11.8. The van der Waals surface area contributed by atoms with Gasteiger partial charge in [-0.2, -0.15) is 14.6 Å². The molecule has 0 unspecified atom stereocenters. The Bertz CT molecular complexity index is 1400. The van der Waals surface area contributed by atoms with Gasteiger partial charge in [-0.05, 0) is 35.9 Å².